The van der Waals surface area contributed by atoms with Gasteiger partial charge in [0.2, 0.25) is 0 Å². The van der Waals surface area contributed by atoms with Gasteiger partial charge in [-0.3, -0.25) is 5.41 Å². The number of benzene rings is 1. The summed E-state index contributed by atoms with van der Waals surface area (Å²) >= 11 is 3.45. The fourth-order valence-electron chi connectivity index (χ4n) is 1.28. The van der Waals surface area contributed by atoms with Crippen LogP contribution >= 0.6 is 15.9 Å². The van der Waals surface area contributed by atoms with Gasteiger partial charge in [0.1, 0.15) is 0 Å². The molecule has 0 saturated heterocycles. The highest BCUT2D eigenvalue weighted by Gasteiger charge is 1.98. The standard InChI is InChI=1S/C11H10BrN3/c1-8-6-10(2-3-11(8)12)15-5-4-9(13)7-14-15/h2-7,13H,1H3. The predicted octanol–water partition coefficient (Wildman–Crippen LogP) is 2.42. The zero-order chi connectivity index (χ0) is 10.8. The first kappa shape index (κ1) is 10.1. The molecule has 76 valence electrons. The van der Waals surface area contributed by atoms with Crippen molar-refractivity contribution < 1.29 is 0 Å². The van der Waals surface area contributed by atoms with Gasteiger partial charge in [-0.1, -0.05) is 15.9 Å². The first-order chi connectivity index (χ1) is 7.16. The molecule has 0 bridgehead atoms. The van der Waals surface area contributed by atoms with Gasteiger partial charge < -0.3 is 0 Å². The van der Waals surface area contributed by atoms with E-state index in [9.17, 15) is 0 Å². The summed E-state index contributed by atoms with van der Waals surface area (Å²) in [7, 11) is 0. The van der Waals surface area contributed by atoms with Crippen molar-refractivity contribution in [2.45, 2.75) is 6.92 Å². The van der Waals surface area contributed by atoms with Crippen molar-refractivity contribution in [3.05, 3.63) is 52.1 Å². The second-order valence-electron chi connectivity index (χ2n) is 3.29. The van der Waals surface area contributed by atoms with Gasteiger partial charge in [0, 0.05) is 10.7 Å². The van der Waals surface area contributed by atoms with Crippen molar-refractivity contribution in [3.63, 3.8) is 0 Å². The van der Waals surface area contributed by atoms with E-state index in [0.717, 1.165) is 15.7 Å². The molecule has 0 aliphatic carbocycles. The van der Waals surface area contributed by atoms with E-state index in [1.54, 1.807) is 16.9 Å². The lowest BCUT2D eigenvalue weighted by atomic mass is 10.2. The Labute approximate surface area is 96.0 Å². The first-order valence-corrected chi connectivity index (χ1v) is 5.32. The number of aryl methyl sites for hydroxylation is 1. The highest BCUT2D eigenvalue weighted by molar-refractivity contribution is 9.10. The molecule has 1 aromatic carbocycles. The van der Waals surface area contributed by atoms with E-state index in [0.29, 0.717) is 5.36 Å². The number of nitrogens with zero attached hydrogens (tertiary/aromatic N) is 2. The summed E-state index contributed by atoms with van der Waals surface area (Å²) in [6, 6.07) is 7.73. The van der Waals surface area contributed by atoms with Crippen LogP contribution in [-0.2, 0) is 0 Å². The molecule has 0 aliphatic rings. The van der Waals surface area contributed by atoms with Crippen molar-refractivity contribution in [2.24, 2.45) is 0 Å². The minimum Gasteiger partial charge on any atom is -0.299 e. The van der Waals surface area contributed by atoms with Gasteiger partial charge >= 0.3 is 0 Å². The Hall–Kier alpha value is -1.42. The lowest BCUT2D eigenvalue weighted by Crippen LogP contribution is -2.06. The van der Waals surface area contributed by atoms with Gasteiger partial charge in [0.25, 0.3) is 0 Å². The second kappa shape index (κ2) is 3.98. The molecule has 2 aromatic rings. The monoisotopic (exact) mass is 263 g/mol. The molecule has 0 aliphatic heterocycles. The molecule has 0 unspecified atom stereocenters. The molecule has 0 spiro atoms. The summed E-state index contributed by atoms with van der Waals surface area (Å²) in [5.41, 5.74) is 2.16. The smallest absolute Gasteiger partial charge is 0.0756 e. The summed E-state index contributed by atoms with van der Waals surface area (Å²) < 4.78 is 2.83. The number of halogens is 1. The van der Waals surface area contributed by atoms with Crippen molar-refractivity contribution in [1.82, 2.24) is 9.78 Å². The Morgan fingerprint density at radius 3 is 2.73 bits per heavy atom. The van der Waals surface area contributed by atoms with Crippen LogP contribution in [0.15, 0.2) is 41.1 Å². The average molecular weight is 264 g/mol. The molecular weight excluding hydrogens is 254 g/mol. The van der Waals surface area contributed by atoms with Crippen molar-refractivity contribution >= 4 is 15.9 Å². The fraction of sp³-hybridized carbons (Fsp3) is 0.0909. The Kier molecular flexibility index (Phi) is 2.68. The van der Waals surface area contributed by atoms with E-state index in [1.807, 2.05) is 25.1 Å². The SMILES string of the molecule is Cc1cc(-n2ccc(=N)cn2)ccc1Br. The third kappa shape index (κ3) is 2.15. The molecular formula is C11H10BrN3. The normalized spacial score (nSPS) is 10.3. The topological polar surface area (TPSA) is 41.7 Å². The van der Waals surface area contributed by atoms with Gasteiger partial charge in [0.15, 0.2) is 0 Å². The number of aromatic nitrogens is 2. The van der Waals surface area contributed by atoms with Crippen molar-refractivity contribution in [1.29, 1.82) is 5.41 Å². The minimum absolute atomic E-state index is 0.417. The molecule has 0 radical (unpaired) electrons. The maximum absolute atomic E-state index is 7.35. The van der Waals surface area contributed by atoms with Crippen LogP contribution in [0.3, 0.4) is 0 Å². The second-order valence-corrected chi connectivity index (χ2v) is 4.15. The van der Waals surface area contributed by atoms with Gasteiger partial charge in [0.05, 0.1) is 17.2 Å². The lowest BCUT2D eigenvalue weighted by molar-refractivity contribution is 0.827. The van der Waals surface area contributed by atoms with Crippen LogP contribution in [0.4, 0.5) is 0 Å². The maximum Gasteiger partial charge on any atom is 0.0756 e. The number of hydrogen-bond acceptors (Lipinski definition) is 2. The molecule has 2 rings (SSSR count). The molecule has 0 atom stereocenters. The number of hydrogen-bond donors (Lipinski definition) is 1. The molecule has 3 nitrogen and oxygen atoms in total. The van der Waals surface area contributed by atoms with Crippen LogP contribution in [0, 0.1) is 12.3 Å². The highest BCUT2D eigenvalue weighted by atomic mass is 79.9. The van der Waals surface area contributed by atoms with Crippen molar-refractivity contribution in [3.8, 4) is 5.69 Å². The van der Waals surface area contributed by atoms with Crippen molar-refractivity contribution in [2.75, 3.05) is 0 Å². The molecule has 1 aromatic heterocycles. The third-order valence-electron chi connectivity index (χ3n) is 2.12. The van der Waals surface area contributed by atoms with E-state index in [4.69, 9.17) is 5.41 Å². The molecule has 1 heterocycles. The van der Waals surface area contributed by atoms with E-state index in [1.165, 1.54) is 6.20 Å². The van der Waals surface area contributed by atoms with E-state index in [-0.39, 0.29) is 0 Å². The molecule has 15 heavy (non-hydrogen) atoms. The van der Waals surface area contributed by atoms with Crippen LogP contribution < -0.4 is 5.36 Å². The Morgan fingerprint density at radius 2 is 2.13 bits per heavy atom. The predicted molar refractivity (Wildman–Crippen MR) is 61.9 cm³/mol. The zero-order valence-corrected chi connectivity index (χ0v) is 9.82. The molecule has 0 fully saturated rings. The Balaban J connectivity index is 2.50. The highest BCUT2D eigenvalue weighted by Crippen LogP contribution is 2.18. The summed E-state index contributed by atoms with van der Waals surface area (Å²) in [6.07, 6.45) is 3.31. The number of nitrogens with one attached hydrogen (secondary N) is 1. The van der Waals surface area contributed by atoms with Gasteiger partial charge in [-0.15, -0.1) is 0 Å². The van der Waals surface area contributed by atoms with Gasteiger partial charge in [-0.2, -0.15) is 5.10 Å². The Bertz CT molecular complexity index is 525. The summed E-state index contributed by atoms with van der Waals surface area (Å²) in [5.74, 6) is 0. The zero-order valence-electron chi connectivity index (χ0n) is 8.24. The molecule has 1 N–H and O–H groups in total. The third-order valence-corrected chi connectivity index (χ3v) is 3.01. The van der Waals surface area contributed by atoms with E-state index in [2.05, 4.69) is 21.0 Å². The van der Waals surface area contributed by atoms with Gasteiger partial charge in [-0.25, -0.2) is 4.68 Å². The minimum atomic E-state index is 0.417. The van der Waals surface area contributed by atoms with Crippen LogP contribution in [0.2, 0.25) is 0 Å². The van der Waals surface area contributed by atoms with E-state index < -0.39 is 0 Å². The lowest BCUT2D eigenvalue weighted by Gasteiger charge is -2.06. The Morgan fingerprint density at radius 1 is 1.33 bits per heavy atom. The summed E-state index contributed by atoms with van der Waals surface area (Å²) in [4.78, 5) is 0. The number of rotatable bonds is 1. The van der Waals surface area contributed by atoms with Gasteiger partial charge in [-0.05, 0) is 36.8 Å². The molecule has 0 saturated carbocycles. The first-order valence-electron chi connectivity index (χ1n) is 4.53. The largest absolute Gasteiger partial charge is 0.299 e. The van der Waals surface area contributed by atoms with E-state index >= 15 is 0 Å². The van der Waals surface area contributed by atoms with Crippen LogP contribution in [0.25, 0.3) is 5.69 Å². The quantitative estimate of drug-likeness (QED) is 0.844. The maximum atomic E-state index is 7.35. The van der Waals surface area contributed by atoms with Crippen LogP contribution in [0.1, 0.15) is 5.56 Å². The average Bonchev–Trinajstić information content (AvgIpc) is 2.23. The fourth-order valence-corrected chi connectivity index (χ4v) is 1.53. The summed E-state index contributed by atoms with van der Waals surface area (Å²) in [5, 5.41) is 11.9. The molecule has 0 amide bonds. The summed E-state index contributed by atoms with van der Waals surface area (Å²) in [6.45, 7) is 2.03. The molecule has 4 heteroatoms. The van der Waals surface area contributed by atoms with Crippen LogP contribution in [0.5, 0.6) is 0 Å². The van der Waals surface area contributed by atoms with Crippen LogP contribution in [-0.4, -0.2) is 9.78 Å².